The second-order valence-corrected chi connectivity index (χ2v) is 5.66. The minimum absolute atomic E-state index is 0.0164. The highest BCUT2D eigenvalue weighted by molar-refractivity contribution is 7.92. The van der Waals surface area contributed by atoms with E-state index in [2.05, 4.69) is 14.8 Å². The van der Waals surface area contributed by atoms with Crippen molar-refractivity contribution in [2.45, 2.75) is 4.90 Å². The Bertz CT molecular complexity index is 784. The van der Waals surface area contributed by atoms with Crippen molar-refractivity contribution in [2.24, 2.45) is 7.05 Å². The second-order valence-electron chi connectivity index (χ2n) is 3.98. The highest BCUT2D eigenvalue weighted by Crippen LogP contribution is 2.23. The van der Waals surface area contributed by atoms with E-state index in [9.17, 15) is 13.2 Å². The summed E-state index contributed by atoms with van der Waals surface area (Å²) >= 11 is 0. The third kappa shape index (κ3) is 2.94. The Balaban J connectivity index is 2.43. The Labute approximate surface area is 120 Å². The maximum Gasteiger partial charge on any atom is 0.339 e. The normalized spacial score (nSPS) is 11.1. The predicted molar refractivity (Wildman–Crippen MR) is 71.8 cm³/mol. The molecule has 2 rings (SSSR count). The average Bonchev–Trinajstić information content (AvgIpc) is 2.82. The number of aromatic nitrogens is 3. The lowest BCUT2D eigenvalue weighted by Crippen LogP contribution is -2.17. The van der Waals surface area contributed by atoms with Crippen LogP contribution in [0.5, 0.6) is 5.75 Å². The molecule has 112 valence electrons. The van der Waals surface area contributed by atoms with Crippen molar-refractivity contribution in [2.75, 3.05) is 11.8 Å². The van der Waals surface area contributed by atoms with E-state index in [-0.39, 0.29) is 22.2 Å². The standard InChI is InChI=1S/C11H12N4O5S/c1-15-11(12-6-13-15)14-21(18,19)7-3-4-9(20-2)8(5-7)10(16)17/h3-6H,1-2H3,(H,16,17)(H,12,13,14). The van der Waals surface area contributed by atoms with E-state index in [1.54, 1.807) is 0 Å². The first-order valence-corrected chi connectivity index (χ1v) is 7.11. The second kappa shape index (κ2) is 5.40. The number of anilines is 1. The monoisotopic (exact) mass is 312 g/mol. The molecule has 0 saturated carbocycles. The van der Waals surface area contributed by atoms with Crippen LogP contribution in [0.25, 0.3) is 0 Å². The zero-order chi connectivity index (χ0) is 15.6. The van der Waals surface area contributed by atoms with Gasteiger partial charge in [0.25, 0.3) is 10.0 Å². The molecule has 9 nitrogen and oxygen atoms in total. The molecule has 0 saturated heterocycles. The van der Waals surface area contributed by atoms with Crippen molar-refractivity contribution in [3.05, 3.63) is 30.1 Å². The predicted octanol–water partition coefficient (Wildman–Crippen LogP) is 0.323. The van der Waals surface area contributed by atoms with Crippen LogP contribution >= 0.6 is 0 Å². The fourth-order valence-electron chi connectivity index (χ4n) is 1.59. The maximum atomic E-state index is 12.2. The van der Waals surface area contributed by atoms with Crippen LogP contribution in [0.2, 0.25) is 0 Å². The Morgan fingerprint density at radius 1 is 1.43 bits per heavy atom. The highest BCUT2D eigenvalue weighted by Gasteiger charge is 2.21. The number of carboxylic acid groups (broad SMARTS) is 1. The average molecular weight is 312 g/mol. The van der Waals surface area contributed by atoms with Gasteiger partial charge in [0.15, 0.2) is 0 Å². The molecule has 0 aliphatic rings. The summed E-state index contributed by atoms with van der Waals surface area (Å²) < 4.78 is 32.7. The summed E-state index contributed by atoms with van der Waals surface area (Å²) in [5.41, 5.74) is -0.252. The quantitative estimate of drug-likeness (QED) is 0.815. The van der Waals surface area contributed by atoms with Gasteiger partial charge in [0, 0.05) is 7.05 Å². The van der Waals surface area contributed by atoms with E-state index >= 15 is 0 Å². The minimum Gasteiger partial charge on any atom is -0.496 e. The van der Waals surface area contributed by atoms with Crippen molar-refractivity contribution in [1.29, 1.82) is 0 Å². The van der Waals surface area contributed by atoms with Gasteiger partial charge in [0.1, 0.15) is 17.6 Å². The van der Waals surface area contributed by atoms with Gasteiger partial charge in [0.05, 0.1) is 12.0 Å². The molecular weight excluding hydrogens is 300 g/mol. The Morgan fingerprint density at radius 3 is 2.67 bits per heavy atom. The number of hydrogen-bond acceptors (Lipinski definition) is 6. The van der Waals surface area contributed by atoms with Crippen LogP contribution in [-0.4, -0.2) is 41.4 Å². The van der Waals surface area contributed by atoms with E-state index in [0.717, 1.165) is 6.07 Å². The largest absolute Gasteiger partial charge is 0.496 e. The number of nitrogens with one attached hydrogen (secondary N) is 1. The van der Waals surface area contributed by atoms with Gasteiger partial charge in [-0.1, -0.05) is 0 Å². The summed E-state index contributed by atoms with van der Waals surface area (Å²) in [5, 5.41) is 12.8. The molecule has 0 unspecified atom stereocenters. The number of methoxy groups -OCH3 is 1. The van der Waals surface area contributed by atoms with Gasteiger partial charge in [0.2, 0.25) is 5.95 Å². The molecule has 1 heterocycles. The molecular formula is C11H12N4O5S. The molecule has 2 aromatic rings. The molecule has 0 aliphatic heterocycles. The number of carboxylic acids is 1. The summed E-state index contributed by atoms with van der Waals surface area (Å²) in [4.78, 5) is 14.6. The van der Waals surface area contributed by atoms with Gasteiger partial charge in [-0.15, -0.1) is 0 Å². The summed E-state index contributed by atoms with van der Waals surface area (Å²) in [6, 6.07) is 3.53. The lowest BCUT2D eigenvalue weighted by Gasteiger charge is -2.09. The Kier molecular flexibility index (Phi) is 3.80. The van der Waals surface area contributed by atoms with Gasteiger partial charge < -0.3 is 9.84 Å². The molecule has 1 aromatic heterocycles. The van der Waals surface area contributed by atoms with Crippen LogP contribution in [0.4, 0.5) is 5.95 Å². The zero-order valence-corrected chi connectivity index (χ0v) is 12.0. The van der Waals surface area contributed by atoms with Gasteiger partial charge >= 0.3 is 5.97 Å². The Hall–Kier alpha value is -2.62. The topological polar surface area (TPSA) is 123 Å². The SMILES string of the molecule is COc1ccc(S(=O)(=O)Nc2ncnn2C)cc1C(=O)O. The molecule has 0 bridgehead atoms. The maximum absolute atomic E-state index is 12.2. The first-order chi connectivity index (χ1) is 9.85. The summed E-state index contributed by atoms with van der Waals surface area (Å²) in [5.74, 6) is -1.20. The van der Waals surface area contributed by atoms with E-state index in [1.165, 1.54) is 37.3 Å². The lowest BCUT2D eigenvalue weighted by molar-refractivity contribution is 0.0693. The van der Waals surface area contributed by atoms with Crippen molar-refractivity contribution >= 4 is 21.9 Å². The van der Waals surface area contributed by atoms with Crippen LogP contribution in [0.15, 0.2) is 29.4 Å². The number of aromatic carboxylic acids is 1. The molecule has 0 atom stereocenters. The molecule has 0 spiro atoms. The number of nitrogens with zero attached hydrogens (tertiary/aromatic N) is 3. The van der Waals surface area contributed by atoms with Gasteiger partial charge in [-0.3, -0.25) is 0 Å². The smallest absolute Gasteiger partial charge is 0.339 e. The van der Waals surface area contributed by atoms with Crippen molar-refractivity contribution in [1.82, 2.24) is 14.8 Å². The number of sulfonamides is 1. The fourth-order valence-corrected chi connectivity index (χ4v) is 2.65. The molecule has 0 radical (unpaired) electrons. The molecule has 0 fully saturated rings. The van der Waals surface area contributed by atoms with Crippen LogP contribution in [-0.2, 0) is 17.1 Å². The summed E-state index contributed by atoms with van der Waals surface area (Å²) in [6.45, 7) is 0. The molecule has 0 amide bonds. The first kappa shape index (κ1) is 14.8. The van der Waals surface area contributed by atoms with Crippen LogP contribution in [0.3, 0.4) is 0 Å². The summed E-state index contributed by atoms with van der Waals surface area (Å²) in [7, 11) is -1.16. The minimum atomic E-state index is -3.98. The van der Waals surface area contributed by atoms with E-state index < -0.39 is 16.0 Å². The van der Waals surface area contributed by atoms with E-state index in [4.69, 9.17) is 9.84 Å². The number of benzene rings is 1. The third-order valence-corrected chi connectivity index (χ3v) is 3.97. The van der Waals surface area contributed by atoms with Gasteiger partial charge in [-0.2, -0.15) is 10.1 Å². The highest BCUT2D eigenvalue weighted by atomic mass is 32.2. The van der Waals surface area contributed by atoms with Crippen molar-refractivity contribution < 1.29 is 23.1 Å². The molecule has 0 aliphatic carbocycles. The number of hydrogen-bond donors (Lipinski definition) is 2. The molecule has 10 heteroatoms. The van der Waals surface area contributed by atoms with E-state index in [0.29, 0.717) is 0 Å². The number of carbonyl (C=O) groups is 1. The number of rotatable bonds is 5. The first-order valence-electron chi connectivity index (χ1n) is 5.63. The number of aryl methyl sites for hydroxylation is 1. The van der Waals surface area contributed by atoms with Crippen molar-refractivity contribution in [3.8, 4) is 5.75 Å². The molecule has 1 aromatic carbocycles. The van der Waals surface area contributed by atoms with Crippen molar-refractivity contribution in [3.63, 3.8) is 0 Å². The van der Waals surface area contributed by atoms with Crippen LogP contribution in [0.1, 0.15) is 10.4 Å². The van der Waals surface area contributed by atoms with Crippen LogP contribution in [0, 0.1) is 0 Å². The summed E-state index contributed by atoms with van der Waals surface area (Å²) in [6.07, 6.45) is 1.19. The Morgan fingerprint density at radius 2 is 2.14 bits per heavy atom. The zero-order valence-electron chi connectivity index (χ0n) is 11.1. The number of ether oxygens (including phenoxy) is 1. The van der Waals surface area contributed by atoms with Gasteiger partial charge in [-0.05, 0) is 18.2 Å². The molecule has 2 N–H and O–H groups in total. The van der Waals surface area contributed by atoms with E-state index in [1.807, 2.05) is 0 Å². The van der Waals surface area contributed by atoms with Gasteiger partial charge in [-0.25, -0.2) is 22.6 Å². The lowest BCUT2D eigenvalue weighted by atomic mass is 10.2. The molecule has 21 heavy (non-hydrogen) atoms. The third-order valence-electron chi connectivity index (χ3n) is 2.65. The van der Waals surface area contributed by atoms with Crippen LogP contribution < -0.4 is 9.46 Å². The fraction of sp³-hybridized carbons (Fsp3) is 0.182.